The van der Waals surface area contributed by atoms with Crippen molar-refractivity contribution < 1.29 is 10.2 Å². The van der Waals surface area contributed by atoms with E-state index in [4.69, 9.17) is 22.0 Å². The van der Waals surface area contributed by atoms with Crippen LogP contribution in [-0.4, -0.2) is 32.7 Å². The maximum absolute atomic E-state index is 9.96. The van der Waals surface area contributed by atoms with E-state index in [1.807, 2.05) is 0 Å². The van der Waals surface area contributed by atoms with Crippen LogP contribution in [0.2, 0.25) is 5.15 Å². The second-order valence-electron chi connectivity index (χ2n) is 3.16. The molecule has 1 aromatic rings. The Morgan fingerprint density at radius 3 is 2.88 bits per heavy atom. The number of rotatable bonds is 3. The molecule has 90 valence electrons. The van der Waals surface area contributed by atoms with Crippen molar-refractivity contribution in [2.45, 2.75) is 13.2 Å². The Morgan fingerprint density at radius 1 is 1.71 bits per heavy atom. The molecule has 0 saturated carbocycles. The lowest BCUT2D eigenvalue weighted by Crippen LogP contribution is -2.34. The summed E-state index contributed by atoms with van der Waals surface area (Å²) in [5.74, 6) is 0.206. The zero-order valence-electron chi connectivity index (χ0n) is 9.08. The van der Waals surface area contributed by atoms with E-state index < -0.39 is 13.0 Å². The molecule has 0 fully saturated rings. The highest BCUT2D eigenvalue weighted by atomic mass is 35.5. The molecule has 6 nitrogen and oxygen atoms in total. The van der Waals surface area contributed by atoms with Crippen molar-refractivity contribution in [1.29, 1.82) is 5.26 Å². The first kappa shape index (κ1) is 13.4. The first-order valence-electron chi connectivity index (χ1n) is 4.70. The number of pyridine rings is 1. The topological polar surface area (TPSA) is 92.7 Å². The summed E-state index contributed by atoms with van der Waals surface area (Å²) >= 11 is 5.62. The zero-order chi connectivity index (χ0) is 12.8. The Bertz CT molecular complexity index is 441. The SMILES string of the molecule is CC(=NC#N)N(CO)C(O)c1ccc(Cl)nc1. The van der Waals surface area contributed by atoms with Crippen LogP contribution < -0.4 is 0 Å². The van der Waals surface area contributed by atoms with Crippen LogP contribution in [0.15, 0.2) is 23.3 Å². The van der Waals surface area contributed by atoms with Gasteiger partial charge < -0.3 is 15.1 Å². The van der Waals surface area contributed by atoms with Gasteiger partial charge in [0.2, 0.25) is 6.19 Å². The van der Waals surface area contributed by atoms with Gasteiger partial charge in [-0.2, -0.15) is 10.3 Å². The first-order valence-corrected chi connectivity index (χ1v) is 5.08. The second kappa shape index (κ2) is 6.15. The fraction of sp³-hybridized carbons (Fsp3) is 0.300. The van der Waals surface area contributed by atoms with Crippen molar-refractivity contribution in [3.63, 3.8) is 0 Å². The largest absolute Gasteiger partial charge is 0.376 e. The maximum atomic E-state index is 9.96. The summed E-state index contributed by atoms with van der Waals surface area (Å²) in [6.45, 7) is 1.03. The van der Waals surface area contributed by atoms with Gasteiger partial charge in [0.1, 0.15) is 17.7 Å². The molecule has 0 aliphatic rings. The van der Waals surface area contributed by atoms with E-state index >= 15 is 0 Å². The van der Waals surface area contributed by atoms with Crippen LogP contribution in [-0.2, 0) is 0 Å². The summed E-state index contributed by atoms with van der Waals surface area (Å²) in [7, 11) is 0. The zero-order valence-corrected chi connectivity index (χ0v) is 9.83. The normalized spacial score (nSPS) is 13.0. The number of halogens is 1. The number of nitriles is 1. The van der Waals surface area contributed by atoms with Gasteiger partial charge in [0.05, 0.1) is 0 Å². The standard InChI is InChI=1S/C10H11ClN4O2/c1-7(14-5-12)15(6-16)10(17)8-2-3-9(11)13-4-8/h2-4,10,16-17H,6H2,1H3. The third kappa shape index (κ3) is 3.39. The van der Waals surface area contributed by atoms with Crippen molar-refractivity contribution in [3.05, 3.63) is 29.0 Å². The van der Waals surface area contributed by atoms with Crippen LogP contribution in [0.4, 0.5) is 0 Å². The Kier molecular flexibility index (Phi) is 4.84. The molecule has 2 N–H and O–H groups in total. The molecule has 0 aliphatic heterocycles. The monoisotopic (exact) mass is 254 g/mol. The van der Waals surface area contributed by atoms with Gasteiger partial charge in [-0.15, -0.1) is 0 Å². The average Bonchev–Trinajstić information content (AvgIpc) is 2.31. The Morgan fingerprint density at radius 2 is 2.41 bits per heavy atom. The van der Waals surface area contributed by atoms with Gasteiger partial charge in [0.25, 0.3) is 0 Å². The number of aliphatic hydroxyl groups excluding tert-OH is 2. The van der Waals surface area contributed by atoms with Crippen molar-refractivity contribution in [2.75, 3.05) is 6.73 Å². The van der Waals surface area contributed by atoms with Gasteiger partial charge in [-0.3, -0.25) is 0 Å². The molecule has 0 spiro atoms. The smallest absolute Gasteiger partial charge is 0.207 e. The molecular formula is C10H11ClN4O2. The lowest BCUT2D eigenvalue weighted by molar-refractivity contribution is 0.00155. The van der Waals surface area contributed by atoms with Crippen molar-refractivity contribution in [2.24, 2.45) is 4.99 Å². The molecule has 1 atom stereocenters. The van der Waals surface area contributed by atoms with Gasteiger partial charge in [-0.1, -0.05) is 11.6 Å². The Hall–Kier alpha value is -1.68. The molecule has 7 heteroatoms. The van der Waals surface area contributed by atoms with Gasteiger partial charge in [0, 0.05) is 11.8 Å². The summed E-state index contributed by atoms with van der Waals surface area (Å²) < 4.78 is 0. The third-order valence-corrected chi connectivity index (χ3v) is 2.35. The first-order chi connectivity index (χ1) is 8.10. The molecule has 0 radical (unpaired) electrons. The van der Waals surface area contributed by atoms with Crippen molar-refractivity contribution in [1.82, 2.24) is 9.88 Å². The van der Waals surface area contributed by atoms with Gasteiger partial charge in [0.15, 0.2) is 6.23 Å². The van der Waals surface area contributed by atoms with Gasteiger partial charge in [-0.05, 0) is 19.1 Å². The fourth-order valence-electron chi connectivity index (χ4n) is 1.21. The van der Waals surface area contributed by atoms with Crippen LogP contribution in [0, 0.1) is 11.5 Å². The quantitative estimate of drug-likeness (QED) is 0.275. The molecule has 1 aromatic heterocycles. The highest BCUT2D eigenvalue weighted by Gasteiger charge is 2.18. The van der Waals surface area contributed by atoms with Crippen molar-refractivity contribution in [3.8, 4) is 6.19 Å². The van der Waals surface area contributed by atoms with Crippen LogP contribution >= 0.6 is 11.6 Å². The lowest BCUT2D eigenvalue weighted by atomic mass is 10.2. The minimum absolute atomic E-state index is 0.206. The van der Waals surface area contributed by atoms with Crippen LogP contribution in [0.3, 0.4) is 0 Å². The highest BCUT2D eigenvalue weighted by molar-refractivity contribution is 6.29. The molecule has 0 aliphatic carbocycles. The number of amidine groups is 1. The Balaban J connectivity index is 2.94. The number of aliphatic imine (C=N–C) groups is 1. The summed E-state index contributed by atoms with van der Waals surface area (Å²) in [6, 6.07) is 3.09. The predicted molar refractivity (Wildman–Crippen MR) is 61.9 cm³/mol. The molecule has 0 aromatic carbocycles. The van der Waals surface area contributed by atoms with Gasteiger partial charge >= 0.3 is 0 Å². The molecule has 1 unspecified atom stereocenters. The average molecular weight is 255 g/mol. The summed E-state index contributed by atoms with van der Waals surface area (Å²) in [6.07, 6.45) is 1.83. The van der Waals surface area contributed by atoms with E-state index in [9.17, 15) is 5.11 Å². The Labute approximate surface area is 103 Å². The van der Waals surface area contributed by atoms with Crippen LogP contribution in [0.1, 0.15) is 18.7 Å². The number of aromatic nitrogens is 1. The maximum Gasteiger partial charge on any atom is 0.207 e. The summed E-state index contributed by atoms with van der Waals surface area (Å²) in [4.78, 5) is 8.40. The minimum Gasteiger partial charge on any atom is -0.376 e. The fourth-order valence-corrected chi connectivity index (χ4v) is 1.32. The van der Waals surface area contributed by atoms with E-state index in [1.165, 1.54) is 19.2 Å². The van der Waals surface area contributed by atoms with Crippen LogP contribution in [0.25, 0.3) is 0 Å². The summed E-state index contributed by atoms with van der Waals surface area (Å²) in [5, 5.41) is 27.8. The molecule has 0 amide bonds. The molecule has 1 rings (SSSR count). The second-order valence-corrected chi connectivity index (χ2v) is 3.55. The molecule has 0 bridgehead atoms. The number of hydrogen-bond acceptors (Lipinski definition) is 5. The number of hydrogen-bond donors (Lipinski definition) is 2. The number of aliphatic hydroxyl groups is 2. The predicted octanol–water partition coefficient (Wildman–Crippen LogP) is 0.877. The molecule has 1 heterocycles. The van der Waals surface area contributed by atoms with Crippen molar-refractivity contribution >= 4 is 17.4 Å². The van der Waals surface area contributed by atoms with E-state index in [0.29, 0.717) is 10.7 Å². The molecular weight excluding hydrogens is 244 g/mol. The van der Waals surface area contributed by atoms with E-state index in [-0.39, 0.29) is 5.84 Å². The van der Waals surface area contributed by atoms with E-state index in [2.05, 4.69) is 9.98 Å². The van der Waals surface area contributed by atoms with Gasteiger partial charge in [-0.25, -0.2) is 4.98 Å². The van der Waals surface area contributed by atoms with E-state index in [1.54, 1.807) is 12.3 Å². The summed E-state index contributed by atoms with van der Waals surface area (Å²) in [5.41, 5.74) is 0.441. The highest BCUT2D eigenvalue weighted by Crippen LogP contribution is 2.18. The van der Waals surface area contributed by atoms with E-state index in [0.717, 1.165) is 4.90 Å². The number of nitrogens with zero attached hydrogens (tertiary/aromatic N) is 4. The minimum atomic E-state index is -1.14. The van der Waals surface area contributed by atoms with Crippen LogP contribution in [0.5, 0.6) is 0 Å². The molecule has 17 heavy (non-hydrogen) atoms. The molecule has 0 saturated heterocycles. The third-order valence-electron chi connectivity index (χ3n) is 2.12. The lowest BCUT2D eigenvalue weighted by Gasteiger charge is -2.26.